The first kappa shape index (κ1) is 16.5. The van der Waals surface area contributed by atoms with Crippen LogP contribution >= 0.6 is 0 Å². The molecule has 2 bridgehead atoms. The minimum absolute atomic E-state index is 0.0702. The number of hydrogen-bond donors (Lipinski definition) is 1. The molecule has 4 atom stereocenters. The van der Waals surface area contributed by atoms with Crippen LogP contribution in [-0.2, 0) is 14.3 Å². The number of hydrogen-bond acceptors (Lipinski definition) is 5. The Labute approximate surface area is 156 Å². The molecule has 7 heteroatoms. The van der Waals surface area contributed by atoms with Gasteiger partial charge in [-0.05, 0) is 36.5 Å². The molecule has 0 aromatic heterocycles. The molecule has 1 saturated carbocycles. The van der Waals surface area contributed by atoms with E-state index in [1.54, 1.807) is 6.07 Å². The lowest BCUT2D eigenvalue weighted by molar-refractivity contribution is -0.123. The normalized spacial score (nSPS) is 31.7. The first-order valence-corrected chi connectivity index (χ1v) is 9.32. The maximum Gasteiger partial charge on any atom is 0.335 e. The molecule has 140 valence electrons. The minimum atomic E-state index is -1.08. The van der Waals surface area contributed by atoms with E-state index >= 15 is 0 Å². The van der Waals surface area contributed by atoms with Crippen LogP contribution in [-0.4, -0.2) is 49.2 Å². The van der Waals surface area contributed by atoms with E-state index in [0.29, 0.717) is 37.7 Å². The Morgan fingerprint density at radius 3 is 2.22 bits per heavy atom. The van der Waals surface area contributed by atoms with Gasteiger partial charge in [0.25, 0.3) is 0 Å². The summed E-state index contributed by atoms with van der Waals surface area (Å²) in [5.74, 6) is -1.84. The number of carbonyl (C=O) groups is 3. The molecule has 2 saturated heterocycles. The second-order valence-corrected chi connectivity index (χ2v) is 7.62. The largest absolute Gasteiger partial charge is 0.478 e. The van der Waals surface area contributed by atoms with Crippen molar-refractivity contribution in [3.05, 3.63) is 35.9 Å². The Bertz CT molecular complexity index is 843. The number of benzene rings is 1. The van der Waals surface area contributed by atoms with E-state index < -0.39 is 5.97 Å². The highest BCUT2D eigenvalue weighted by Gasteiger charge is 2.60. The average molecular weight is 368 g/mol. The second-order valence-electron chi connectivity index (χ2n) is 7.62. The van der Waals surface area contributed by atoms with Gasteiger partial charge in [-0.3, -0.25) is 9.59 Å². The summed E-state index contributed by atoms with van der Waals surface area (Å²) in [6.45, 7) is 2.38. The number of carboxylic acid groups (broad SMARTS) is 1. The number of anilines is 2. The Morgan fingerprint density at radius 1 is 1.00 bits per heavy atom. The summed E-state index contributed by atoms with van der Waals surface area (Å²) in [5, 5.41) is 9.41. The van der Waals surface area contributed by atoms with Crippen molar-refractivity contribution in [2.24, 2.45) is 23.7 Å². The fourth-order valence-corrected chi connectivity index (χ4v) is 5.05. The van der Waals surface area contributed by atoms with Gasteiger partial charge >= 0.3 is 5.97 Å². The maximum atomic E-state index is 13.2. The number of carbonyl (C=O) groups excluding carboxylic acids is 2. The van der Waals surface area contributed by atoms with Gasteiger partial charge in [0.15, 0.2) is 0 Å². The zero-order valence-corrected chi connectivity index (χ0v) is 14.7. The summed E-state index contributed by atoms with van der Waals surface area (Å²) in [5.41, 5.74) is 1.17. The van der Waals surface area contributed by atoms with E-state index in [1.165, 1.54) is 17.0 Å². The molecule has 0 unspecified atom stereocenters. The molecule has 0 radical (unpaired) electrons. The number of morpholine rings is 1. The summed E-state index contributed by atoms with van der Waals surface area (Å²) in [4.78, 5) is 41.2. The lowest BCUT2D eigenvalue weighted by Gasteiger charge is -2.32. The van der Waals surface area contributed by atoms with Crippen molar-refractivity contribution in [2.45, 2.75) is 6.42 Å². The number of carboxylic acids is 1. The van der Waals surface area contributed by atoms with Crippen LogP contribution in [0.15, 0.2) is 30.4 Å². The van der Waals surface area contributed by atoms with Gasteiger partial charge in [0.05, 0.1) is 42.0 Å². The third-order valence-corrected chi connectivity index (χ3v) is 6.29. The molecule has 2 amide bonds. The van der Waals surface area contributed by atoms with Crippen molar-refractivity contribution >= 4 is 29.2 Å². The van der Waals surface area contributed by atoms with Crippen LogP contribution in [0.2, 0.25) is 0 Å². The van der Waals surface area contributed by atoms with Crippen LogP contribution in [0.25, 0.3) is 0 Å². The molecule has 2 aliphatic heterocycles. The molecule has 0 spiro atoms. The van der Waals surface area contributed by atoms with Crippen molar-refractivity contribution in [1.29, 1.82) is 0 Å². The number of ether oxygens (including phenoxy) is 1. The number of aromatic carboxylic acids is 1. The number of allylic oxidation sites excluding steroid dienone is 2. The number of nitrogens with zero attached hydrogens (tertiary/aromatic N) is 2. The highest BCUT2D eigenvalue weighted by atomic mass is 16.5. The molecule has 1 N–H and O–H groups in total. The first-order valence-electron chi connectivity index (χ1n) is 9.32. The second kappa shape index (κ2) is 5.92. The summed E-state index contributed by atoms with van der Waals surface area (Å²) in [7, 11) is 0. The van der Waals surface area contributed by atoms with Crippen molar-refractivity contribution in [3.63, 3.8) is 0 Å². The van der Waals surface area contributed by atoms with Crippen LogP contribution in [0.1, 0.15) is 16.8 Å². The fraction of sp³-hybridized carbons (Fsp3) is 0.450. The van der Waals surface area contributed by atoms with Crippen LogP contribution in [0, 0.1) is 23.7 Å². The van der Waals surface area contributed by atoms with Gasteiger partial charge in [-0.15, -0.1) is 0 Å². The minimum Gasteiger partial charge on any atom is -0.478 e. The van der Waals surface area contributed by atoms with Gasteiger partial charge < -0.3 is 14.7 Å². The molecule has 3 fully saturated rings. The summed E-state index contributed by atoms with van der Waals surface area (Å²) in [6, 6.07) is 4.68. The van der Waals surface area contributed by atoms with E-state index in [-0.39, 0.29) is 41.0 Å². The van der Waals surface area contributed by atoms with Crippen LogP contribution in [0.4, 0.5) is 11.4 Å². The Kier molecular flexibility index (Phi) is 3.62. The molecule has 4 aliphatic rings. The number of fused-ring (bicyclic) bond motifs is 5. The van der Waals surface area contributed by atoms with Gasteiger partial charge in [0, 0.05) is 13.1 Å². The molecule has 1 aromatic rings. The predicted octanol–water partition coefficient (Wildman–Crippen LogP) is 1.53. The van der Waals surface area contributed by atoms with Crippen LogP contribution in [0.5, 0.6) is 0 Å². The zero-order valence-electron chi connectivity index (χ0n) is 14.7. The number of imide groups is 1. The highest BCUT2D eigenvalue weighted by Crippen LogP contribution is 2.54. The molecule has 1 aromatic carbocycles. The summed E-state index contributed by atoms with van der Waals surface area (Å²) >= 11 is 0. The van der Waals surface area contributed by atoms with Crippen molar-refractivity contribution < 1.29 is 24.2 Å². The van der Waals surface area contributed by atoms with Crippen molar-refractivity contribution in [3.8, 4) is 0 Å². The highest BCUT2D eigenvalue weighted by molar-refractivity contribution is 6.24. The number of amides is 2. The van der Waals surface area contributed by atoms with Crippen LogP contribution < -0.4 is 9.80 Å². The molecule has 27 heavy (non-hydrogen) atoms. The Morgan fingerprint density at radius 2 is 1.63 bits per heavy atom. The average Bonchev–Trinajstić information content (AvgIpc) is 3.36. The third kappa shape index (κ3) is 2.34. The smallest absolute Gasteiger partial charge is 0.335 e. The summed E-state index contributed by atoms with van der Waals surface area (Å²) < 4.78 is 5.40. The fourth-order valence-electron chi connectivity index (χ4n) is 5.05. The molecule has 7 nitrogen and oxygen atoms in total. The van der Waals surface area contributed by atoms with Gasteiger partial charge in [0.1, 0.15) is 0 Å². The van der Waals surface area contributed by atoms with E-state index in [2.05, 4.69) is 12.2 Å². The van der Waals surface area contributed by atoms with E-state index in [0.717, 1.165) is 6.42 Å². The van der Waals surface area contributed by atoms with Gasteiger partial charge in [-0.2, -0.15) is 0 Å². The van der Waals surface area contributed by atoms with Crippen LogP contribution in [0.3, 0.4) is 0 Å². The maximum absolute atomic E-state index is 13.2. The molecule has 2 aliphatic carbocycles. The topological polar surface area (TPSA) is 87.2 Å². The Hall–Kier alpha value is -2.67. The van der Waals surface area contributed by atoms with E-state index in [9.17, 15) is 19.5 Å². The standard InChI is InChI=1S/C20H20N2O5/c23-18-16-11-1-2-12(9-11)17(16)19(24)22(18)15-10-13(20(25)26)3-4-14(15)21-5-7-27-8-6-21/h1-4,10-12,16-17H,5-9H2,(H,25,26)/t11-,12-,16-,17+/m0/s1. The van der Waals surface area contributed by atoms with Gasteiger partial charge in [0.2, 0.25) is 11.8 Å². The molecule has 2 heterocycles. The first-order chi connectivity index (χ1) is 13.1. The molecular formula is C20H20N2O5. The lowest BCUT2D eigenvalue weighted by Crippen LogP contribution is -2.39. The van der Waals surface area contributed by atoms with E-state index in [1.807, 2.05) is 4.90 Å². The number of rotatable bonds is 3. The van der Waals surface area contributed by atoms with Crippen molar-refractivity contribution in [1.82, 2.24) is 0 Å². The van der Waals surface area contributed by atoms with Crippen molar-refractivity contribution in [2.75, 3.05) is 36.1 Å². The molecule has 5 rings (SSSR count). The summed E-state index contributed by atoms with van der Waals surface area (Å²) in [6.07, 6.45) is 4.97. The SMILES string of the molecule is O=C(O)c1ccc(N2CCOCC2)c(N2C(=O)[C@@H]3[C@H](C2=O)[C@H]2C=C[C@H]3C2)c1. The molecular weight excluding hydrogens is 348 g/mol. The Balaban J connectivity index is 1.59. The quantitative estimate of drug-likeness (QED) is 0.643. The predicted molar refractivity (Wildman–Crippen MR) is 96.6 cm³/mol. The third-order valence-electron chi connectivity index (χ3n) is 6.29. The van der Waals surface area contributed by atoms with Gasteiger partial charge in [-0.25, -0.2) is 9.69 Å². The lowest BCUT2D eigenvalue weighted by atomic mass is 9.85. The zero-order chi connectivity index (χ0) is 18.7. The van der Waals surface area contributed by atoms with E-state index in [4.69, 9.17) is 4.74 Å². The van der Waals surface area contributed by atoms with Gasteiger partial charge in [-0.1, -0.05) is 12.2 Å². The monoisotopic (exact) mass is 368 g/mol.